The van der Waals surface area contributed by atoms with Gasteiger partial charge in [0, 0.05) is 13.2 Å². The van der Waals surface area contributed by atoms with Crippen LogP contribution in [-0.2, 0) is 13.5 Å². The molecule has 1 aromatic heterocycles. The number of piperidine rings is 1. The number of aryl methyl sites for hydroxylation is 1. The van der Waals surface area contributed by atoms with Gasteiger partial charge in [-0.15, -0.1) is 0 Å². The number of nitrogens with one attached hydrogen (secondary N) is 1. The molecule has 1 saturated heterocycles. The molecular formula is C13H21N3. The Morgan fingerprint density at radius 1 is 1.44 bits per heavy atom. The largest absolute Gasteiger partial charge is 0.340 e. The minimum absolute atomic E-state index is 0.569. The minimum atomic E-state index is 0.569. The zero-order valence-electron chi connectivity index (χ0n) is 10.1. The van der Waals surface area contributed by atoms with Crippen LogP contribution >= 0.6 is 0 Å². The third-order valence-corrected chi connectivity index (χ3v) is 4.33. The monoisotopic (exact) mass is 219 g/mol. The van der Waals surface area contributed by atoms with Crippen LogP contribution in [0.3, 0.4) is 0 Å². The summed E-state index contributed by atoms with van der Waals surface area (Å²) in [4.78, 5) is 4.51. The van der Waals surface area contributed by atoms with Gasteiger partial charge in [-0.05, 0) is 56.5 Å². The molecule has 0 atom stereocenters. The van der Waals surface area contributed by atoms with Crippen LogP contribution in [0.5, 0.6) is 0 Å². The summed E-state index contributed by atoms with van der Waals surface area (Å²) >= 11 is 0. The van der Waals surface area contributed by atoms with Gasteiger partial charge < -0.3 is 9.88 Å². The average molecular weight is 219 g/mol. The second-order valence-corrected chi connectivity index (χ2v) is 5.59. The molecule has 1 aliphatic heterocycles. The summed E-state index contributed by atoms with van der Waals surface area (Å²) in [5.74, 6) is 0.983. The molecule has 0 unspecified atom stereocenters. The highest BCUT2D eigenvalue weighted by Gasteiger charge is 2.45. The Bertz CT molecular complexity index is 359. The molecule has 1 N–H and O–H groups in total. The van der Waals surface area contributed by atoms with E-state index < -0.39 is 0 Å². The lowest BCUT2D eigenvalue weighted by molar-refractivity contribution is 0.162. The molecule has 16 heavy (non-hydrogen) atoms. The van der Waals surface area contributed by atoms with Gasteiger partial charge in [-0.2, -0.15) is 0 Å². The standard InChI is InChI=1S/C13H21N3/c1-16-9-12(15-10-16)8-13(11-2-3-11)4-6-14-7-5-13/h9-11,14H,2-8H2,1H3. The molecule has 0 amide bonds. The Morgan fingerprint density at radius 2 is 2.19 bits per heavy atom. The summed E-state index contributed by atoms with van der Waals surface area (Å²) in [6, 6.07) is 0. The number of hydrogen-bond donors (Lipinski definition) is 1. The van der Waals surface area contributed by atoms with E-state index >= 15 is 0 Å². The van der Waals surface area contributed by atoms with Crippen molar-refractivity contribution in [1.29, 1.82) is 0 Å². The molecule has 2 heterocycles. The molecule has 88 valence electrons. The zero-order chi connectivity index (χ0) is 11.0. The predicted octanol–water partition coefficient (Wildman–Crippen LogP) is 1.74. The lowest BCUT2D eigenvalue weighted by Gasteiger charge is -2.37. The van der Waals surface area contributed by atoms with Crippen LogP contribution in [0.15, 0.2) is 12.5 Å². The molecule has 0 radical (unpaired) electrons. The van der Waals surface area contributed by atoms with E-state index in [2.05, 4.69) is 28.1 Å². The first-order valence-corrected chi connectivity index (χ1v) is 6.46. The smallest absolute Gasteiger partial charge is 0.0946 e. The van der Waals surface area contributed by atoms with Crippen molar-refractivity contribution in [1.82, 2.24) is 14.9 Å². The molecule has 3 nitrogen and oxygen atoms in total. The molecule has 0 spiro atoms. The molecule has 3 rings (SSSR count). The molecule has 2 aliphatic rings. The maximum absolute atomic E-state index is 4.51. The summed E-state index contributed by atoms with van der Waals surface area (Å²) in [6.07, 6.45) is 10.9. The van der Waals surface area contributed by atoms with Crippen molar-refractivity contribution in [2.24, 2.45) is 18.4 Å². The fourth-order valence-corrected chi connectivity index (χ4v) is 3.27. The number of hydrogen-bond acceptors (Lipinski definition) is 2. The lowest BCUT2D eigenvalue weighted by Crippen LogP contribution is -2.39. The first-order chi connectivity index (χ1) is 7.78. The van der Waals surface area contributed by atoms with E-state index in [0.29, 0.717) is 5.41 Å². The maximum atomic E-state index is 4.51. The average Bonchev–Trinajstić information content (AvgIpc) is 3.06. The van der Waals surface area contributed by atoms with E-state index in [1.54, 1.807) is 0 Å². The molecule has 1 aliphatic carbocycles. The SMILES string of the molecule is Cn1cnc(CC2(C3CC3)CCNCC2)c1. The van der Waals surface area contributed by atoms with Gasteiger partial charge in [0.1, 0.15) is 0 Å². The summed E-state index contributed by atoms with van der Waals surface area (Å²) < 4.78 is 2.07. The fraction of sp³-hybridized carbons (Fsp3) is 0.769. The number of imidazole rings is 1. The van der Waals surface area contributed by atoms with E-state index in [1.807, 2.05) is 6.33 Å². The molecule has 1 aromatic rings. The van der Waals surface area contributed by atoms with Crippen molar-refractivity contribution in [3.05, 3.63) is 18.2 Å². The predicted molar refractivity (Wildman–Crippen MR) is 64.2 cm³/mol. The Balaban J connectivity index is 1.77. The maximum Gasteiger partial charge on any atom is 0.0946 e. The Kier molecular flexibility index (Phi) is 2.51. The highest BCUT2D eigenvalue weighted by atomic mass is 15.0. The summed E-state index contributed by atoms with van der Waals surface area (Å²) in [7, 11) is 2.06. The van der Waals surface area contributed by atoms with Crippen molar-refractivity contribution >= 4 is 0 Å². The van der Waals surface area contributed by atoms with Crippen LogP contribution in [0, 0.1) is 11.3 Å². The van der Waals surface area contributed by atoms with Crippen molar-refractivity contribution in [2.45, 2.75) is 32.1 Å². The molecular weight excluding hydrogens is 198 g/mol. The van der Waals surface area contributed by atoms with Gasteiger partial charge in [-0.25, -0.2) is 4.98 Å². The Morgan fingerprint density at radius 3 is 2.75 bits per heavy atom. The van der Waals surface area contributed by atoms with Crippen LogP contribution in [0.4, 0.5) is 0 Å². The van der Waals surface area contributed by atoms with Gasteiger partial charge in [0.15, 0.2) is 0 Å². The van der Waals surface area contributed by atoms with E-state index in [9.17, 15) is 0 Å². The second kappa shape index (κ2) is 3.88. The van der Waals surface area contributed by atoms with E-state index in [0.717, 1.165) is 5.92 Å². The summed E-state index contributed by atoms with van der Waals surface area (Å²) in [6.45, 7) is 2.40. The van der Waals surface area contributed by atoms with Gasteiger partial charge >= 0.3 is 0 Å². The van der Waals surface area contributed by atoms with Gasteiger partial charge in [0.2, 0.25) is 0 Å². The van der Waals surface area contributed by atoms with Gasteiger partial charge in [0.05, 0.1) is 12.0 Å². The second-order valence-electron chi connectivity index (χ2n) is 5.59. The zero-order valence-corrected chi connectivity index (χ0v) is 10.1. The first kappa shape index (κ1) is 10.3. The van der Waals surface area contributed by atoms with E-state index in [-0.39, 0.29) is 0 Å². The van der Waals surface area contributed by atoms with Gasteiger partial charge in [0.25, 0.3) is 0 Å². The van der Waals surface area contributed by atoms with Crippen LogP contribution in [-0.4, -0.2) is 22.6 Å². The van der Waals surface area contributed by atoms with Crippen LogP contribution in [0.25, 0.3) is 0 Å². The molecule has 2 fully saturated rings. The third-order valence-electron chi connectivity index (χ3n) is 4.33. The van der Waals surface area contributed by atoms with E-state index in [4.69, 9.17) is 0 Å². The number of aromatic nitrogens is 2. The normalized spacial score (nSPS) is 24.6. The highest BCUT2D eigenvalue weighted by Crippen LogP contribution is 2.52. The van der Waals surface area contributed by atoms with Crippen molar-refractivity contribution in [3.8, 4) is 0 Å². The third kappa shape index (κ3) is 1.88. The van der Waals surface area contributed by atoms with Crippen molar-refractivity contribution in [3.63, 3.8) is 0 Å². The molecule has 1 saturated carbocycles. The van der Waals surface area contributed by atoms with Crippen LogP contribution < -0.4 is 5.32 Å². The number of nitrogens with zero attached hydrogens (tertiary/aromatic N) is 2. The quantitative estimate of drug-likeness (QED) is 0.839. The van der Waals surface area contributed by atoms with Crippen molar-refractivity contribution in [2.75, 3.05) is 13.1 Å². The minimum Gasteiger partial charge on any atom is -0.340 e. The molecule has 0 bridgehead atoms. The van der Waals surface area contributed by atoms with E-state index in [1.165, 1.54) is 50.9 Å². The summed E-state index contributed by atoms with van der Waals surface area (Å²) in [5, 5.41) is 3.49. The molecule has 3 heteroatoms. The first-order valence-electron chi connectivity index (χ1n) is 6.46. The Labute approximate surface area is 97.3 Å². The van der Waals surface area contributed by atoms with Crippen LogP contribution in [0.1, 0.15) is 31.4 Å². The fourth-order valence-electron chi connectivity index (χ4n) is 3.27. The summed E-state index contributed by atoms with van der Waals surface area (Å²) in [5.41, 5.74) is 1.86. The van der Waals surface area contributed by atoms with Crippen molar-refractivity contribution < 1.29 is 0 Å². The number of rotatable bonds is 3. The lowest BCUT2D eigenvalue weighted by atomic mass is 9.71. The van der Waals surface area contributed by atoms with Gasteiger partial charge in [-0.3, -0.25) is 0 Å². The van der Waals surface area contributed by atoms with Gasteiger partial charge in [-0.1, -0.05) is 0 Å². The Hall–Kier alpha value is -0.830. The highest BCUT2D eigenvalue weighted by molar-refractivity contribution is 5.07. The molecule has 0 aromatic carbocycles. The van der Waals surface area contributed by atoms with Crippen LogP contribution in [0.2, 0.25) is 0 Å². The topological polar surface area (TPSA) is 29.9 Å².